The molecule has 0 amide bonds. The molecule has 0 spiro atoms. The van der Waals surface area contributed by atoms with Gasteiger partial charge in [0, 0.05) is 49.3 Å². The summed E-state index contributed by atoms with van der Waals surface area (Å²) in [7, 11) is 0. The number of pyridine rings is 1. The summed E-state index contributed by atoms with van der Waals surface area (Å²) < 4.78 is 12.0. The zero-order valence-electron chi connectivity index (χ0n) is 18.2. The second-order valence-corrected chi connectivity index (χ2v) is 9.33. The molecule has 1 saturated heterocycles. The SMILES string of the molecule is CCOc1cc2c(cc1CN1C[C@@H]3CC[C@@](O)(c4ncccc4C)[C@@H]3C1)O[C@H](C)C2. The Morgan fingerprint density at radius 2 is 2.20 bits per heavy atom. The maximum absolute atomic E-state index is 11.7. The summed E-state index contributed by atoms with van der Waals surface area (Å²) >= 11 is 0. The Balaban J connectivity index is 1.37. The van der Waals surface area contributed by atoms with Crippen LogP contribution in [-0.2, 0) is 18.6 Å². The van der Waals surface area contributed by atoms with Crippen LogP contribution in [0.3, 0.4) is 0 Å². The van der Waals surface area contributed by atoms with Crippen LogP contribution in [0, 0.1) is 18.8 Å². The summed E-state index contributed by atoms with van der Waals surface area (Å²) in [6.45, 7) is 9.58. The van der Waals surface area contributed by atoms with Crippen molar-refractivity contribution in [3.8, 4) is 11.5 Å². The van der Waals surface area contributed by atoms with Gasteiger partial charge in [-0.05, 0) is 63.3 Å². The number of likely N-dealkylation sites (tertiary alicyclic amines) is 1. The van der Waals surface area contributed by atoms with Crippen LogP contribution in [0.5, 0.6) is 11.5 Å². The second kappa shape index (κ2) is 7.54. The Bertz CT molecular complexity index is 946. The first-order valence-electron chi connectivity index (χ1n) is 11.3. The molecule has 1 saturated carbocycles. The van der Waals surface area contributed by atoms with Gasteiger partial charge in [-0.2, -0.15) is 0 Å². The predicted molar refractivity (Wildman–Crippen MR) is 116 cm³/mol. The Labute approximate surface area is 179 Å². The maximum atomic E-state index is 11.7. The number of aliphatic hydroxyl groups is 1. The first-order chi connectivity index (χ1) is 14.5. The summed E-state index contributed by atoms with van der Waals surface area (Å²) in [4.78, 5) is 7.05. The Kier molecular flexibility index (Phi) is 4.98. The van der Waals surface area contributed by atoms with E-state index in [1.54, 1.807) is 6.20 Å². The van der Waals surface area contributed by atoms with Crippen LogP contribution in [0.2, 0.25) is 0 Å². The highest BCUT2D eigenvalue weighted by molar-refractivity contribution is 5.48. The van der Waals surface area contributed by atoms with Crippen molar-refractivity contribution in [2.24, 2.45) is 11.8 Å². The van der Waals surface area contributed by atoms with E-state index in [9.17, 15) is 5.11 Å². The molecular formula is C25H32N2O3. The molecule has 1 aromatic heterocycles. The Morgan fingerprint density at radius 1 is 1.33 bits per heavy atom. The number of aromatic nitrogens is 1. The minimum absolute atomic E-state index is 0.229. The third-order valence-electron chi connectivity index (χ3n) is 7.22. The molecular weight excluding hydrogens is 376 g/mol. The van der Waals surface area contributed by atoms with Crippen LogP contribution >= 0.6 is 0 Å². The number of rotatable bonds is 5. The van der Waals surface area contributed by atoms with Crippen molar-refractivity contribution >= 4 is 0 Å². The highest BCUT2D eigenvalue weighted by Crippen LogP contribution is 2.51. The lowest BCUT2D eigenvalue weighted by Gasteiger charge is -2.31. The van der Waals surface area contributed by atoms with Gasteiger partial charge in [-0.15, -0.1) is 0 Å². The van der Waals surface area contributed by atoms with Crippen molar-refractivity contribution in [1.82, 2.24) is 9.88 Å². The third kappa shape index (κ3) is 3.28. The van der Waals surface area contributed by atoms with Gasteiger partial charge in [0.25, 0.3) is 0 Å². The van der Waals surface area contributed by atoms with Crippen molar-refractivity contribution in [3.63, 3.8) is 0 Å². The first kappa shape index (κ1) is 19.8. The minimum Gasteiger partial charge on any atom is -0.494 e. The molecule has 160 valence electrons. The van der Waals surface area contributed by atoms with Crippen LogP contribution in [0.4, 0.5) is 0 Å². The fourth-order valence-corrected chi connectivity index (χ4v) is 5.88. The molecule has 5 rings (SSSR count). The average Bonchev–Trinajstić information content (AvgIpc) is 3.37. The highest BCUT2D eigenvalue weighted by atomic mass is 16.5. The van der Waals surface area contributed by atoms with E-state index in [4.69, 9.17) is 9.47 Å². The van der Waals surface area contributed by atoms with Gasteiger partial charge in [0.15, 0.2) is 0 Å². The van der Waals surface area contributed by atoms with Gasteiger partial charge in [-0.1, -0.05) is 6.07 Å². The number of hydrogen-bond acceptors (Lipinski definition) is 5. The molecule has 3 heterocycles. The third-order valence-corrected chi connectivity index (χ3v) is 7.22. The number of fused-ring (bicyclic) bond motifs is 2. The number of nitrogens with zero attached hydrogens (tertiary/aromatic N) is 2. The molecule has 0 radical (unpaired) electrons. The molecule has 1 aromatic carbocycles. The summed E-state index contributed by atoms with van der Waals surface area (Å²) in [5, 5.41) is 11.7. The van der Waals surface area contributed by atoms with Crippen LogP contribution in [0.1, 0.15) is 49.1 Å². The average molecular weight is 409 g/mol. The number of aryl methyl sites for hydroxylation is 1. The summed E-state index contributed by atoms with van der Waals surface area (Å²) in [6.07, 6.45) is 4.84. The molecule has 30 heavy (non-hydrogen) atoms. The molecule has 0 bridgehead atoms. The number of ether oxygens (including phenoxy) is 2. The molecule has 4 atom stereocenters. The van der Waals surface area contributed by atoms with E-state index in [1.807, 2.05) is 13.0 Å². The molecule has 1 aliphatic carbocycles. The van der Waals surface area contributed by atoms with E-state index in [0.717, 1.165) is 61.7 Å². The summed E-state index contributed by atoms with van der Waals surface area (Å²) in [6, 6.07) is 8.34. The van der Waals surface area contributed by atoms with Crippen molar-refractivity contribution in [1.29, 1.82) is 0 Å². The van der Waals surface area contributed by atoms with Crippen LogP contribution in [-0.4, -0.2) is 40.8 Å². The van der Waals surface area contributed by atoms with Crippen molar-refractivity contribution in [2.45, 2.75) is 58.3 Å². The zero-order chi connectivity index (χ0) is 20.9. The molecule has 2 aliphatic heterocycles. The fourth-order valence-electron chi connectivity index (χ4n) is 5.88. The van der Waals surface area contributed by atoms with Gasteiger partial charge in [-0.25, -0.2) is 0 Å². The van der Waals surface area contributed by atoms with E-state index < -0.39 is 5.60 Å². The van der Waals surface area contributed by atoms with Gasteiger partial charge in [0.05, 0.1) is 12.3 Å². The minimum atomic E-state index is -0.815. The van der Waals surface area contributed by atoms with E-state index in [-0.39, 0.29) is 12.0 Å². The highest BCUT2D eigenvalue weighted by Gasteiger charge is 2.53. The lowest BCUT2D eigenvalue weighted by molar-refractivity contribution is -0.0114. The van der Waals surface area contributed by atoms with Crippen LogP contribution in [0.25, 0.3) is 0 Å². The fraction of sp³-hybridized carbons (Fsp3) is 0.560. The molecule has 2 fully saturated rings. The first-order valence-corrected chi connectivity index (χ1v) is 11.3. The number of hydrogen-bond donors (Lipinski definition) is 1. The second-order valence-electron chi connectivity index (χ2n) is 9.33. The molecule has 5 heteroatoms. The topological polar surface area (TPSA) is 54.8 Å². The summed E-state index contributed by atoms with van der Waals surface area (Å²) in [5.41, 5.74) is 3.57. The smallest absolute Gasteiger partial charge is 0.124 e. The van der Waals surface area contributed by atoms with E-state index in [2.05, 4.69) is 41.9 Å². The molecule has 2 aromatic rings. The van der Waals surface area contributed by atoms with E-state index in [1.165, 1.54) is 11.1 Å². The van der Waals surface area contributed by atoms with Crippen molar-refractivity contribution < 1.29 is 14.6 Å². The molecule has 5 nitrogen and oxygen atoms in total. The van der Waals surface area contributed by atoms with Crippen LogP contribution < -0.4 is 9.47 Å². The van der Waals surface area contributed by atoms with Crippen LogP contribution in [0.15, 0.2) is 30.5 Å². The summed E-state index contributed by atoms with van der Waals surface area (Å²) in [5.74, 6) is 2.72. The molecule has 1 N–H and O–H groups in total. The molecule has 0 unspecified atom stereocenters. The lowest BCUT2D eigenvalue weighted by atomic mass is 9.83. The van der Waals surface area contributed by atoms with E-state index in [0.29, 0.717) is 12.5 Å². The van der Waals surface area contributed by atoms with Gasteiger partial charge >= 0.3 is 0 Å². The van der Waals surface area contributed by atoms with Gasteiger partial charge in [-0.3, -0.25) is 9.88 Å². The normalized spacial score (nSPS) is 30.2. The number of benzene rings is 1. The standard InChI is InChI=1S/C25H32N2O3/c1-4-29-22-11-19-10-17(3)30-23(19)12-20(22)14-27-13-18-7-8-25(28,21(18)15-27)24-16(2)6-5-9-26-24/h5-6,9,11-12,17-18,21,28H,4,7-8,10,13-15H2,1-3H3/t17-,18+,21-,25+/m1/s1. The Hall–Kier alpha value is -2.11. The van der Waals surface area contributed by atoms with Gasteiger partial charge in [0.1, 0.15) is 23.2 Å². The van der Waals surface area contributed by atoms with Crippen molar-refractivity contribution in [2.75, 3.05) is 19.7 Å². The lowest BCUT2D eigenvalue weighted by Crippen LogP contribution is -2.36. The largest absolute Gasteiger partial charge is 0.494 e. The maximum Gasteiger partial charge on any atom is 0.124 e. The van der Waals surface area contributed by atoms with Crippen molar-refractivity contribution in [3.05, 3.63) is 52.8 Å². The van der Waals surface area contributed by atoms with Gasteiger partial charge < -0.3 is 14.6 Å². The zero-order valence-corrected chi connectivity index (χ0v) is 18.2. The van der Waals surface area contributed by atoms with E-state index >= 15 is 0 Å². The van der Waals surface area contributed by atoms with Gasteiger partial charge in [0.2, 0.25) is 0 Å². The quantitative estimate of drug-likeness (QED) is 0.815. The molecule has 3 aliphatic rings. The predicted octanol–water partition coefficient (Wildman–Crippen LogP) is 3.84. The Morgan fingerprint density at radius 3 is 3.00 bits per heavy atom. The monoisotopic (exact) mass is 408 g/mol.